The highest BCUT2D eigenvalue weighted by molar-refractivity contribution is 6.33. The normalized spacial score (nSPS) is 12.2. The van der Waals surface area contributed by atoms with E-state index in [1.54, 1.807) is 18.2 Å². The van der Waals surface area contributed by atoms with E-state index >= 15 is 0 Å². The molecule has 1 atom stereocenters. The number of nitrogens with one attached hydrogen (secondary N) is 1. The van der Waals surface area contributed by atoms with Crippen LogP contribution in [0.3, 0.4) is 0 Å². The van der Waals surface area contributed by atoms with Crippen molar-refractivity contribution in [3.63, 3.8) is 0 Å². The van der Waals surface area contributed by atoms with E-state index in [1.807, 2.05) is 25.1 Å². The Kier molecular flexibility index (Phi) is 4.33. The third kappa shape index (κ3) is 3.29. The topological polar surface area (TPSA) is 24.9 Å². The minimum Gasteiger partial charge on any atom is -0.363 e. The number of halogens is 3. The van der Waals surface area contributed by atoms with Gasteiger partial charge in [-0.1, -0.05) is 40.9 Å². The molecule has 1 unspecified atom stereocenters. The van der Waals surface area contributed by atoms with Gasteiger partial charge in [-0.05, 0) is 42.8 Å². The molecule has 1 N–H and O–H groups in total. The second-order valence-corrected chi connectivity index (χ2v) is 5.11. The smallest absolute Gasteiger partial charge is 0.131 e. The Hall–Kier alpha value is -0.960. The van der Waals surface area contributed by atoms with Crippen LogP contribution in [-0.2, 0) is 0 Å². The van der Waals surface area contributed by atoms with Crippen LogP contribution in [0.2, 0.25) is 15.2 Å². The maximum absolute atomic E-state index is 6.14. The second kappa shape index (κ2) is 5.79. The molecule has 1 heterocycles. The van der Waals surface area contributed by atoms with Crippen molar-refractivity contribution in [3.8, 4) is 0 Å². The van der Waals surface area contributed by atoms with Crippen molar-refractivity contribution in [2.75, 3.05) is 5.32 Å². The maximum Gasteiger partial charge on any atom is 0.131 e. The summed E-state index contributed by atoms with van der Waals surface area (Å²) in [6.45, 7) is 1.99. The highest BCUT2D eigenvalue weighted by Gasteiger charge is 2.10. The summed E-state index contributed by atoms with van der Waals surface area (Å²) in [5.41, 5.74) is 0.922. The standard InChI is InChI=1S/C13H11Cl3N2/c1-8(10-7-9(14)5-6-11(10)15)17-13-4-2-3-12(16)18-13/h2-8H,1H3,(H,17,18). The van der Waals surface area contributed by atoms with E-state index in [0.717, 1.165) is 5.56 Å². The van der Waals surface area contributed by atoms with E-state index in [-0.39, 0.29) is 6.04 Å². The van der Waals surface area contributed by atoms with Gasteiger partial charge in [0.05, 0.1) is 6.04 Å². The van der Waals surface area contributed by atoms with E-state index in [1.165, 1.54) is 0 Å². The fraction of sp³-hybridized carbons (Fsp3) is 0.154. The van der Waals surface area contributed by atoms with Crippen LogP contribution in [0.1, 0.15) is 18.5 Å². The van der Waals surface area contributed by atoms with Crippen molar-refractivity contribution in [3.05, 3.63) is 57.2 Å². The summed E-state index contributed by atoms with van der Waals surface area (Å²) in [5.74, 6) is 0.700. The Morgan fingerprint density at radius 2 is 1.89 bits per heavy atom. The number of anilines is 1. The second-order valence-electron chi connectivity index (χ2n) is 3.88. The molecule has 0 saturated carbocycles. The van der Waals surface area contributed by atoms with Crippen LogP contribution in [0.5, 0.6) is 0 Å². The number of nitrogens with zero attached hydrogens (tertiary/aromatic N) is 1. The lowest BCUT2D eigenvalue weighted by atomic mass is 10.1. The quantitative estimate of drug-likeness (QED) is 0.787. The first kappa shape index (κ1) is 13.5. The van der Waals surface area contributed by atoms with Crippen LogP contribution in [-0.4, -0.2) is 4.98 Å². The summed E-state index contributed by atoms with van der Waals surface area (Å²) in [7, 11) is 0. The molecule has 0 spiro atoms. The minimum atomic E-state index is -0.0119. The number of rotatable bonds is 3. The zero-order valence-corrected chi connectivity index (χ0v) is 11.9. The molecule has 18 heavy (non-hydrogen) atoms. The number of hydrogen-bond donors (Lipinski definition) is 1. The average Bonchev–Trinajstić information content (AvgIpc) is 2.32. The van der Waals surface area contributed by atoms with Crippen molar-refractivity contribution < 1.29 is 0 Å². The predicted octanol–water partition coefficient (Wildman–Crippen LogP) is 5.21. The molecule has 0 bridgehead atoms. The van der Waals surface area contributed by atoms with E-state index < -0.39 is 0 Å². The van der Waals surface area contributed by atoms with Crippen molar-refractivity contribution in [2.24, 2.45) is 0 Å². The van der Waals surface area contributed by atoms with Crippen LogP contribution >= 0.6 is 34.8 Å². The summed E-state index contributed by atoms with van der Waals surface area (Å²) in [5, 5.41) is 5.00. The molecule has 2 nitrogen and oxygen atoms in total. The Bertz CT molecular complexity index is 558. The molecule has 0 aliphatic rings. The number of hydrogen-bond acceptors (Lipinski definition) is 2. The highest BCUT2D eigenvalue weighted by Crippen LogP contribution is 2.28. The lowest BCUT2D eigenvalue weighted by Gasteiger charge is -2.16. The summed E-state index contributed by atoms with van der Waals surface area (Å²) in [4.78, 5) is 4.17. The third-order valence-corrected chi connectivity index (χ3v) is 3.29. The fourth-order valence-corrected chi connectivity index (χ4v) is 2.26. The van der Waals surface area contributed by atoms with Gasteiger partial charge in [0, 0.05) is 10.0 Å². The van der Waals surface area contributed by atoms with Crippen molar-refractivity contribution >= 4 is 40.6 Å². The molecule has 0 aliphatic carbocycles. The van der Waals surface area contributed by atoms with Gasteiger partial charge < -0.3 is 5.32 Å². The molecule has 0 fully saturated rings. The van der Waals surface area contributed by atoms with E-state index in [0.29, 0.717) is 21.0 Å². The Morgan fingerprint density at radius 3 is 2.61 bits per heavy atom. The van der Waals surface area contributed by atoms with E-state index in [2.05, 4.69) is 10.3 Å². The predicted molar refractivity (Wildman–Crippen MR) is 77.7 cm³/mol. The molecule has 0 amide bonds. The van der Waals surface area contributed by atoms with Gasteiger partial charge in [0.15, 0.2) is 0 Å². The minimum absolute atomic E-state index is 0.0119. The Labute approximate surface area is 121 Å². The van der Waals surface area contributed by atoms with Crippen molar-refractivity contribution in [1.29, 1.82) is 0 Å². The van der Waals surface area contributed by atoms with Gasteiger partial charge in [0.1, 0.15) is 11.0 Å². The van der Waals surface area contributed by atoms with Crippen LogP contribution in [0.4, 0.5) is 5.82 Å². The van der Waals surface area contributed by atoms with Gasteiger partial charge in [0.2, 0.25) is 0 Å². The Morgan fingerprint density at radius 1 is 1.11 bits per heavy atom. The van der Waals surface area contributed by atoms with Gasteiger partial charge in [-0.2, -0.15) is 0 Å². The van der Waals surface area contributed by atoms with Gasteiger partial charge >= 0.3 is 0 Å². The lowest BCUT2D eigenvalue weighted by molar-refractivity contribution is 0.875. The van der Waals surface area contributed by atoms with E-state index in [9.17, 15) is 0 Å². The molecule has 94 valence electrons. The van der Waals surface area contributed by atoms with Gasteiger partial charge in [-0.25, -0.2) is 4.98 Å². The zero-order valence-electron chi connectivity index (χ0n) is 9.62. The summed E-state index contributed by atoms with van der Waals surface area (Å²) in [6.07, 6.45) is 0. The SMILES string of the molecule is CC(Nc1cccc(Cl)n1)c1cc(Cl)ccc1Cl. The van der Waals surface area contributed by atoms with Crippen LogP contribution in [0, 0.1) is 0 Å². The average molecular weight is 302 g/mol. The molecular weight excluding hydrogens is 291 g/mol. The van der Waals surface area contributed by atoms with Gasteiger partial charge in [-0.15, -0.1) is 0 Å². The van der Waals surface area contributed by atoms with Gasteiger partial charge in [0.25, 0.3) is 0 Å². The number of aromatic nitrogens is 1. The molecule has 2 rings (SSSR count). The van der Waals surface area contributed by atoms with Crippen LogP contribution < -0.4 is 5.32 Å². The molecule has 0 saturated heterocycles. The third-order valence-electron chi connectivity index (χ3n) is 2.50. The Balaban J connectivity index is 2.21. The van der Waals surface area contributed by atoms with Crippen LogP contribution in [0.15, 0.2) is 36.4 Å². The van der Waals surface area contributed by atoms with Crippen molar-refractivity contribution in [1.82, 2.24) is 4.98 Å². The largest absolute Gasteiger partial charge is 0.363 e. The summed E-state index contributed by atoms with van der Waals surface area (Å²) in [6, 6.07) is 10.8. The molecule has 1 aromatic carbocycles. The fourth-order valence-electron chi connectivity index (χ4n) is 1.63. The first-order valence-electron chi connectivity index (χ1n) is 5.40. The molecule has 0 aliphatic heterocycles. The molecular formula is C13H11Cl3N2. The number of pyridine rings is 1. The molecule has 0 radical (unpaired) electrons. The summed E-state index contributed by atoms with van der Waals surface area (Å²) >= 11 is 17.9. The number of benzene rings is 1. The van der Waals surface area contributed by atoms with E-state index in [4.69, 9.17) is 34.8 Å². The highest BCUT2D eigenvalue weighted by atomic mass is 35.5. The van der Waals surface area contributed by atoms with Crippen LogP contribution in [0.25, 0.3) is 0 Å². The molecule has 5 heteroatoms. The first-order valence-corrected chi connectivity index (χ1v) is 6.53. The monoisotopic (exact) mass is 300 g/mol. The summed E-state index contributed by atoms with van der Waals surface area (Å²) < 4.78 is 0. The van der Waals surface area contributed by atoms with Gasteiger partial charge in [-0.3, -0.25) is 0 Å². The maximum atomic E-state index is 6.14. The molecule has 2 aromatic rings. The van der Waals surface area contributed by atoms with Crippen molar-refractivity contribution in [2.45, 2.75) is 13.0 Å². The zero-order chi connectivity index (χ0) is 13.1. The lowest BCUT2D eigenvalue weighted by Crippen LogP contribution is -2.08. The first-order chi connectivity index (χ1) is 8.56. The molecule has 1 aromatic heterocycles.